The summed E-state index contributed by atoms with van der Waals surface area (Å²) in [5, 5.41) is 2.33. The monoisotopic (exact) mass is 211 g/mol. The highest BCUT2D eigenvalue weighted by atomic mass is 19.1. The van der Waals surface area contributed by atoms with Crippen LogP contribution < -0.4 is 5.32 Å². The minimum absolute atomic E-state index is 0.131. The van der Waals surface area contributed by atoms with Crippen molar-refractivity contribution in [1.29, 1.82) is 0 Å². The van der Waals surface area contributed by atoms with Crippen LogP contribution in [-0.4, -0.2) is 12.7 Å². The van der Waals surface area contributed by atoms with Crippen LogP contribution in [0.5, 0.6) is 0 Å². The molecule has 0 saturated heterocycles. The third-order valence-electron chi connectivity index (χ3n) is 1.66. The van der Waals surface area contributed by atoms with Crippen LogP contribution in [0.4, 0.5) is 14.9 Å². The van der Waals surface area contributed by atoms with E-state index in [4.69, 9.17) is 4.74 Å². The highest BCUT2D eigenvalue weighted by Gasteiger charge is 2.07. The fraction of sp³-hybridized carbons (Fsp3) is 0.364. The predicted molar refractivity (Wildman–Crippen MR) is 56.2 cm³/mol. The molecular formula is C11H14FNO2. The summed E-state index contributed by atoms with van der Waals surface area (Å²) in [4.78, 5) is 11.2. The van der Waals surface area contributed by atoms with Crippen LogP contribution in [0.1, 0.15) is 13.8 Å². The van der Waals surface area contributed by atoms with Crippen molar-refractivity contribution in [2.75, 3.05) is 11.9 Å². The lowest BCUT2D eigenvalue weighted by molar-refractivity contribution is 0.147. The fourth-order valence-corrected chi connectivity index (χ4v) is 0.951. The van der Waals surface area contributed by atoms with Crippen molar-refractivity contribution in [2.45, 2.75) is 13.8 Å². The second-order valence-corrected chi connectivity index (χ2v) is 3.60. The lowest BCUT2D eigenvalue weighted by atomic mass is 10.2. The molecule has 0 aliphatic heterocycles. The zero-order valence-electron chi connectivity index (χ0n) is 8.79. The lowest BCUT2D eigenvalue weighted by Gasteiger charge is -2.08. The molecular weight excluding hydrogens is 197 g/mol. The van der Waals surface area contributed by atoms with Gasteiger partial charge in [-0.25, -0.2) is 9.18 Å². The molecule has 0 atom stereocenters. The number of benzene rings is 1. The second-order valence-electron chi connectivity index (χ2n) is 3.60. The molecule has 0 heterocycles. The number of carbonyl (C=O) groups excluding carboxylic acids is 1. The van der Waals surface area contributed by atoms with Crippen molar-refractivity contribution in [3.05, 3.63) is 30.1 Å². The number of amides is 1. The Morgan fingerprint density at radius 3 is 2.73 bits per heavy atom. The van der Waals surface area contributed by atoms with Gasteiger partial charge in [-0.1, -0.05) is 26.0 Å². The van der Waals surface area contributed by atoms with Crippen molar-refractivity contribution in [2.24, 2.45) is 5.92 Å². The van der Waals surface area contributed by atoms with E-state index in [-0.39, 0.29) is 11.6 Å². The van der Waals surface area contributed by atoms with E-state index in [2.05, 4.69) is 5.32 Å². The van der Waals surface area contributed by atoms with Crippen LogP contribution in [0.3, 0.4) is 0 Å². The molecule has 0 bridgehead atoms. The van der Waals surface area contributed by atoms with E-state index in [9.17, 15) is 9.18 Å². The molecule has 82 valence electrons. The number of hydrogen-bond donors (Lipinski definition) is 1. The minimum Gasteiger partial charge on any atom is -0.449 e. The zero-order valence-corrected chi connectivity index (χ0v) is 8.79. The van der Waals surface area contributed by atoms with E-state index >= 15 is 0 Å². The van der Waals surface area contributed by atoms with Gasteiger partial charge in [0.1, 0.15) is 5.82 Å². The molecule has 0 aliphatic rings. The standard InChI is InChI=1S/C11H14FNO2/c1-8(2)7-15-11(14)13-10-6-4-3-5-9(10)12/h3-6,8H,7H2,1-2H3,(H,13,14). The first-order valence-electron chi connectivity index (χ1n) is 4.78. The van der Waals surface area contributed by atoms with E-state index in [1.165, 1.54) is 12.1 Å². The maximum atomic E-state index is 13.1. The van der Waals surface area contributed by atoms with E-state index in [1.807, 2.05) is 13.8 Å². The summed E-state index contributed by atoms with van der Waals surface area (Å²) in [6.45, 7) is 4.17. The number of para-hydroxylation sites is 1. The smallest absolute Gasteiger partial charge is 0.411 e. The van der Waals surface area contributed by atoms with Crippen LogP contribution in [0, 0.1) is 11.7 Å². The topological polar surface area (TPSA) is 38.3 Å². The van der Waals surface area contributed by atoms with Gasteiger partial charge in [-0.05, 0) is 18.1 Å². The SMILES string of the molecule is CC(C)COC(=O)Nc1ccccc1F. The highest BCUT2D eigenvalue weighted by Crippen LogP contribution is 2.12. The molecule has 15 heavy (non-hydrogen) atoms. The molecule has 0 spiro atoms. The molecule has 3 nitrogen and oxygen atoms in total. The van der Waals surface area contributed by atoms with Crippen LogP contribution in [0.25, 0.3) is 0 Å². The number of nitrogens with one attached hydrogen (secondary N) is 1. The van der Waals surface area contributed by atoms with Gasteiger partial charge < -0.3 is 4.74 Å². The normalized spacial score (nSPS) is 10.1. The summed E-state index contributed by atoms with van der Waals surface area (Å²) in [7, 11) is 0. The number of ether oxygens (including phenoxy) is 1. The molecule has 0 aromatic heterocycles. The number of carbonyl (C=O) groups is 1. The summed E-state index contributed by atoms with van der Waals surface area (Å²) >= 11 is 0. The van der Waals surface area contributed by atoms with Crippen LogP contribution in [-0.2, 0) is 4.74 Å². The molecule has 1 aromatic carbocycles. The van der Waals surface area contributed by atoms with Crippen molar-refractivity contribution >= 4 is 11.8 Å². The molecule has 1 N–H and O–H groups in total. The predicted octanol–water partition coefficient (Wildman–Crippen LogP) is 3.03. The molecule has 0 unspecified atom stereocenters. The zero-order chi connectivity index (χ0) is 11.3. The highest BCUT2D eigenvalue weighted by molar-refractivity contribution is 5.84. The van der Waals surface area contributed by atoms with Gasteiger partial charge in [-0.3, -0.25) is 5.32 Å². The van der Waals surface area contributed by atoms with Crippen LogP contribution in [0.15, 0.2) is 24.3 Å². The first-order chi connectivity index (χ1) is 7.09. The van der Waals surface area contributed by atoms with Gasteiger partial charge in [0, 0.05) is 0 Å². The Hall–Kier alpha value is -1.58. The van der Waals surface area contributed by atoms with E-state index in [0.29, 0.717) is 6.61 Å². The lowest BCUT2D eigenvalue weighted by Crippen LogP contribution is -2.17. The van der Waals surface area contributed by atoms with Gasteiger partial charge in [0.15, 0.2) is 0 Å². The van der Waals surface area contributed by atoms with Gasteiger partial charge >= 0.3 is 6.09 Å². The third kappa shape index (κ3) is 3.97. The summed E-state index contributed by atoms with van der Waals surface area (Å²) in [5.74, 6) is -0.213. The summed E-state index contributed by atoms with van der Waals surface area (Å²) in [6, 6.07) is 5.95. The Balaban J connectivity index is 2.48. The Morgan fingerprint density at radius 1 is 1.47 bits per heavy atom. The second kappa shape index (κ2) is 5.34. The summed E-state index contributed by atoms with van der Waals surface area (Å²) in [5.41, 5.74) is 0.131. The largest absolute Gasteiger partial charge is 0.449 e. The van der Waals surface area contributed by atoms with Crippen molar-refractivity contribution in [3.8, 4) is 0 Å². The Morgan fingerprint density at radius 2 is 2.13 bits per heavy atom. The number of halogens is 1. The maximum Gasteiger partial charge on any atom is 0.411 e. The summed E-state index contributed by atoms with van der Waals surface area (Å²) < 4.78 is 17.9. The van der Waals surface area contributed by atoms with Crippen LogP contribution >= 0.6 is 0 Å². The van der Waals surface area contributed by atoms with Crippen LogP contribution in [0.2, 0.25) is 0 Å². The van der Waals surface area contributed by atoms with Crippen molar-refractivity contribution in [1.82, 2.24) is 0 Å². The average molecular weight is 211 g/mol. The van der Waals surface area contributed by atoms with Gasteiger partial charge in [-0.2, -0.15) is 0 Å². The average Bonchev–Trinajstić information content (AvgIpc) is 2.18. The number of anilines is 1. The van der Waals surface area contributed by atoms with Crippen molar-refractivity contribution in [3.63, 3.8) is 0 Å². The molecule has 1 amide bonds. The molecule has 1 rings (SSSR count). The Labute approximate surface area is 88.2 Å². The minimum atomic E-state index is -0.631. The molecule has 0 saturated carbocycles. The van der Waals surface area contributed by atoms with E-state index < -0.39 is 11.9 Å². The first-order valence-corrected chi connectivity index (χ1v) is 4.78. The Kier molecular flexibility index (Phi) is 4.09. The Bertz CT molecular complexity index is 339. The molecule has 0 radical (unpaired) electrons. The fourth-order valence-electron chi connectivity index (χ4n) is 0.951. The van der Waals surface area contributed by atoms with Gasteiger partial charge in [0.25, 0.3) is 0 Å². The van der Waals surface area contributed by atoms with E-state index in [0.717, 1.165) is 0 Å². The number of hydrogen-bond acceptors (Lipinski definition) is 2. The van der Waals surface area contributed by atoms with Crippen molar-refractivity contribution < 1.29 is 13.9 Å². The van der Waals surface area contributed by atoms with Gasteiger partial charge in [-0.15, -0.1) is 0 Å². The molecule has 1 aromatic rings. The molecule has 0 aliphatic carbocycles. The quantitative estimate of drug-likeness (QED) is 0.834. The first kappa shape index (κ1) is 11.5. The van der Waals surface area contributed by atoms with Gasteiger partial charge in [0.2, 0.25) is 0 Å². The number of rotatable bonds is 3. The van der Waals surface area contributed by atoms with Gasteiger partial charge in [0.05, 0.1) is 12.3 Å². The third-order valence-corrected chi connectivity index (χ3v) is 1.66. The molecule has 0 fully saturated rings. The molecule has 4 heteroatoms. The van der Waals surface area contributed by atoms with E-state index in [1.54, 1.807) is 12.1 Å². The maximum absolute atomic E-state index is 13.1. The summed E-state index contributed by atoms with van der Waals surface area (Å²) in [6.07, 6.45) is -0.631.